The van der Waals surface area contributed by atoms with E-state index in [1.807, 2.05) is 63.2 Å². The van der Waals surface area contributed by atoms with Gasteiger partial charge in [0.25, 0.3) is 0 Å². The number of aryl methyl sites for hydroxylation is 1. The number of para-hydroxylation sites is 1. The van der Waals surface area contributed by atoms with Gasteiger partial charge in [0.05, 0.1) is 28.3 Å². The fraction of sp³-hybridized carbons (Fsp3) is 0.177. The molecule has 0 saturated heterocycles. The fourth-order valence-corrected chi connectivity index (χ4v) is 9.58. The molecule has 0 N–H and O–H groups in total. The third kappa shape index (κ3) is 8.14. The van der Waals surface area contributed by atoms with E-state index in [0.29, 0.717) is 11.5 Å². The van der Waals surface area contributed by atoms with E-state index in [0.717, 1.165) is 77.2 Å². The number of fused-ring (bicyclic) bond motifs is 9. The van der Waals surface area contributed by atoms with Crippen LogP contribution in [0, 0.1) is 19.0 Å². The van der Waals surface area contributed by atoms with Gasteiger partial charge in [-0.1, -0.05) is 138 Å². The number of rotatable bonds is 6. The first kappa shape index (κ1) is 42.0. The van der Waals surface area contributed by atoms with Crippen molar-refractivity contribution in [2.75, 3.05) is 0 Å². The summed E-state index contributed by atoms with van der Waals surface area (Å²) in [5, 5.41) is 6.49. The molecular formula is C62H52IrN4O2-2. The van der Waals surface area contributed by atoms with Crippen LogP contribution in [-0.4, -0.2) is 19.5 Å². The van der Waals surface area contributed by atoms with Gasteiger partial charge in [-0.25, -0.2) is 0 Å². The molecular weight excluding hydrogens is 1020 g/mol. The number of benzene rings is 8. The number of hydrogen-bond acceptors (Lipinski definition) is 5. The minimum Gasteiger partial charge on any atom is -0.501 e. The van der Waals surface area contributed by atoms with E-state index in [4.69, 9.17) is 17.9 Å². The van der Waals surface area contributed by atoms with Gasteiger partial charge in [0.2, 0.25) is 0 Å². The number of hydrogen-bond donors (Lipinski definition) is 0. The van der Waals surface area contributed by atoms with Crippen molar-refractivity contribution < 1.29 is 33.1 Å². The maximum atomic E-state index is 7.61. The van der Waals surface area contributed by atoms with E-state index in [1.165, 1.54) is 39.5 Å². The Bertz CT molecular complexity index is 3950. The molecule has 7 heteroatoms. The van der Waals surface area contributed by atoms with Gasteiger partial charge < -0.3 is 13.4 Å². The normalized spacial score (nSPS) is 12.7. The van der Waals surface area contributed by atoms with Crippen LogP contribution in [0.25, 0.3) is 105 Å². The summed E-state index contributed by atoms with van der Waals surface area (Å²) in [4.78, 5) is 14.1. The average molecular weight is 1080 g/mol. The Labute approximate surface area is 420 Å². The van der Waals surface area contributed by atoms with Gasteiger partial charge in [-0.3, -0.25) is 15.0 Å². The molecule has 0 atom stereocenters. The van der Waals surface area contributed by atoms with Crippen molar-refractivity contribution in [2.45, 2.75) is 72.6 Å². The van der Waals surface area contributed by atoms with Crippen molar-refractivity contribution in [3.63, 3.8) is 0 Å². The van der Waals surface area contributed by atoms with E-state index in [9.17, 15) is 0 Å². The third-order valence-electron chi connectivity index (χ3n) is 12.9. The molecule has 69 heavy (non-hydrogen) atoms. The first-order valence-electron chi connectivity index (χ1n) is 24.8. The summed E-state index contributed by atoms with van der Waals surface area (Å²) in [5.74, 6) is 1.82. The van der Waals surface area contributed by atoms with Gasteiger partial charge in [0.1, 0.15) is 16.7 Å². The summed E-state index contributed by atoms with van der Waals surface area (Å²) in [5.41, 5.74) is 13.5. The van der Waals surface area contributed by atoms with Gasteiger partial charge >= 0.3 is 0 Å². The molecule has 0 unspecified atom stereocenters. The Kier molecular flexibility index (Phi) is 11.0. The zero-order chi connectivity index (χ0) is 49.3. The Morgan fingerprint density at radius 2 is 1.29 bits per heavy atom. The van der Waals surface area contributed by atoms with E-state index >= 15 is 0 Å². The van der Waals surface area contributed by atoms with Gasteiger partial charge in [0.15, 0.2) is 0 Å². The van der Waals surface area contributed by atoms with Crippen LogP contribution in [0.4, 0.5) is 0 Å². The summed E-state index contributed by atoms with van der Waals surface area (Å²) in [6.07, 6.45) is 1.41. The van der Waals surface area contributed by atoms with E-state index in [-0.39, 0.29) is 42.9 Å². The number of imidazole rings is 1. The second-order valence-electron chi connectivity index (χ2n) is 19.2. The minimum atomic E-state index is -2.21. The fourth-order valence-electron chi connectivity index (χ4n) is 9.58. The van der Waals surface area contributed by atoms with Crippen molar-refractivity contribution in [2.24, 2.45) is 0 Å². The summed E-state index contributed by atoms with van der Waals surface area (Å²) in [6, 6.07) is 59.0. The standard InChI is InChI=1S/C47H35N2O2.C15H17N2.Ir/c1-27(2)36-23-31(29-13-6-5-7-14-29)24-37(28(3)4)44(36)49-45-32-16-9-8-15-30(32)21-22-40(45)48-47(49)35-19-12-18-34-39-26-42-38(25-43(39)51-46(34)35)33-17-10-11-20-41(33)50-42;1-11-10-16-14(12-8-6-5-7-9-12)17-13(11)15(2,3)4;/h5-18,20-28H,1-4H3;5-8,10H,1-4H3;/q2*-1;/i;1D3;. The molecule has 4 heterocycles. The van der Waals surface area contributed by atoms with Crippen LogP contribution in [0.2, 0.25) is 0 Å². The molecule has 0 aliphatic heterocycles. The summed E-state index contributed by atoms with van der Waals surface area (Å²) in [6.45, 7) is 12.8. The van der Waals surface area contributed by atoms with Crippen LogP contribution in [0.5, 0.6) is 0 Å². The monoisotopic (exact) mass is 1080 g/mol. The number of aromatic nitrogens is 4. The van der Waals surface area contributed by atoms with Crippen LogP contribution in [0.3, 0.4) is 0 Å². The molecule has 0 bridgehead atoms. The van der Waals surface area contributed by atoms with Crippen molar-refractivity contribution in [3.8, 4) is 39.6 Å². The molecule has 0 spiro atoms. The van der Waals surface area contributed by atoms with Crippen LogP contribution >= 0.6 is 0 Å². The first-order chi connectivity index (χ1) is 34.1. The van der Waals surface area contributed by atoms with Gasteiger partial charge in [0, 0.05) is 68.8 Å². The Morgan fingerprint density at radius 3 is 2.00 bits per heavy atom. The Morgan fingerprint density at radius 1 is 0.609 bits per heavy atom. The van der Waals surface area contributed by atoms with Crippen molar-refractivity contribution in [1.29, 1.82) is 0 Å². The number of furan rings is 2. The molecule has 0 amide bonds. The molecule has 343 valence electrons. The molecule has 0 saturated carbocycles. The van der Waals surface area contributed by atoms with Gasteiger partial charge in [-0.2, -0.15) is 0 Å². The molecule has 12 aromatic rings. The van der Waals surface area contributed by atoms with Crippen molar-refractivity contribution in [1.82, 2.24) is 19.5 Å². The van der Waals surface area contributed by atoms with Crippen molar-refractivity contribution >= 4 is 65.7 Å². The SMILES string of the molecule is CC(C)c1cc(-c2ccccc2)cc(C(C)C)c1-n1c(-c2[c-]ccc3c2oc2cc4c(cc23)oc2ccccc24)nc2ccc3ccccc3c21.[2H]C([2H])([2H])c1cnc(-c2[c-]cccc2)nc1C(C)(C)C.[Ir]. The zero-order valence-corrected chi connectivity index (χ0v) is 42.0. The molecule has 4 aromatic heterocycles. The van der Waals surface area contributed by atoms with E-state index in [2.05, 4.69) is 157 Å². The maximum absolute atomic E-state index is 7.61. The molecule has 12 rings (SSSR count). The van der Waals surface area contributed by atoms with E-state index < -0.39 is 6.85 Å². The largest absolute Gasteiger partial charge is 0.501 e. The Balaban J connectivity index is 0.000000240. The minimum absolute atomic E-state index is 0. The first-order valence-corrected chi connectivity index (χ1v) is 23.3. The maximum Gasteiger partial charge on any atom is 0.136 e. The van der Waals surface area contributed by atoms with Crippen LogP contribution in [0.15, 0.2) is 167 Å². The quantitative estimate of drug-likeness (QED) is 0.155. The second-order valence-corrected chi connectivity index (χ2v) is 19.2. The molecule has 6 nitrogen and oxygen atoms in total. The Hall–Kier alpha value is -7.18. The van der Waals surface area contributed by atoms with Gasteiger partial charge in [-0.05, 0) is 88.3 Å². The third-order valence-corrected chi connectivity index (χ3v) is 12.9. The predicted molar refractivity (Wildman–Crippen MR) is 281 cm³/mol. The topological polar surface area (TPSA) is 69.9 Å². The predicted octanol–water partition coefficient (Wildman–Crippen LogP) is 16.9. The summed E-state index contributed by atoms with van der Waals surface area (Å²) >= 11 is 0. The summed E-state index contributed by atoms with van der Waals surface area (Å²) < 4.78 is 38.4. The average Bonchev–Trinajstić information content (AvgIpc) is 4.06. The molecule has 0 aliphatic carbocycles. The summed E-state index contributed by atoms with van der Waals surface area (Å²) in [7, 11) is 0. The number of nitrogens with zero attached hydrogens (tertiary/aromatic N) is 4. The molecule has 0 fully saturated rings. The van der Waals surface area contributed by atoms with Gasteiger partial charge in [-0.15, -0.1) is 54.1 Å². The van der Waals surface area contributed by atoms with Crippen LogP contribution in [0.1, 0.15) is 86.8 Å². The zero-order valence-electron chi connectivity index (χ0n) is 42.6. The van der Waals surface area contributed by atoms with E-state index in [1.54, 1.807) is 6.07 Å². The van der Waals surface area contributed by atoms with Crippen LogP contribution in [-0.2, 0) is 25.5 Å². The molecule has 8 aromatic carbocycles. The smallest absolute Gasteiger partial charge is 0.136 e. The second kappa shape index (κ2) is 18.0. The van der Waals surface area contributed by atoms with Crippen LogP contribution < -0.4 is 0 Å². The molecule has 0 aliphatic rings. The van der Waals surface area contributed by atoms with Crippen molar-refractivity contribution in [3.05, 3.63) is 192 Å². The molecule has 1 radical (unpaired) electrons.